The standard InChI is InChI=1S/C12H23N/c1-9-6-10(2)12(8-13(4)5)11(3)7-9/h6,10-12H,7-8H2,1-5H3/p+1/t10-,11-,12-/m0/s1. The van der Waals surface area contributed by atoms with Crippen molar-refractivity contribution in [1.29, 1.82) is 0 Å². The second kappa shape index (κ2) is 4.28. The van der Waals surface area contributed by atoms with E-state index in [0.717, 1.165) is 17.8 Å². The number of hydrogen-bond acceptors (Lipinski definition) is 0. The number of allylic oxidation sites excluding steroid dienone is 2. The predicted molar refractivity (Wildman–Crippen MR) is 57.9 cm³/mol. The molecule has 0 aliphatic heterocycles. The fourth-order valence-electron chi connectivity index (χ4n) is 2.68. The molecule has 3 atom stereocenters. The molecule has 13 heavy (non-hydrogen) atoms. The maximum Gasteiger partial charge on any atom is 0.0803 e. The van der Waals surface area contributed by atoms with Gasteiger partial charge in [0.15, 0.2) is 0 Å². The summed E-state index contributed by atoms with van der Waals surface area (Å²) in [5.41, 5.74) is 1.59. The van der Waals surface area contributed by atoms with Crippen LogP contribution in [0.3, 0.4) is 0 Å². The SMILES string of the molecule is CC1=C[C@H](C)[C@H](C[NH+](C)C)[C@@H](C)C1. The minimum Gasteiger partial charge on any atom is -0.340 e. The lowest BCUT2D eigenvalue weighted by Crippen LogP contribution is -3.06. The molecule has 1 heteroatoms. The highest BCUT2D eigenvalue weighted by Gasteiger charge is 2.28. The first-order valence-electron chi connectivity index (χ1n) is 5.47. The Balaban J connectivity index is 2.63. The summed E-state index contributed by atoms with van der Waals surface area (Å²) in [6.45, 7) is 8.35. The van der Waals surface area contributed by atoms with Crippen LogP contribution >= 0.6 is 0 Å². The van der Waals surface area contributed by atoms with Crippen LogP contribution in [0, 0.1) is 17.8 Å². The van der Waals surface area contributed by atoms with Gasteiger partial charge in [0, 0.05) is 5.92 Å². The lowest BCUT2D eigenvalue weighted by Gasteiger charge is -2.33. The summed E-state index contributed by atoms with van der Waals surface area (Å²) in [7, 11) is 4.51. The molecule has 0 spiro atoms. The Labute approximate surface area is 82.8 Å². The Morgan fingerprint density at radius 2 is 2.00 bits per heavy atom. The molecule has 0 aromatic rings. The molecule has 0 radical (unpaired) electrons. The van der Waals surface area contributed by atoms with E-state index in [1.807, 2.05) is 0 Å². The van der Waals surface area contributed by atoms with Gasteiger partial charge in [-0.15, -0.1) is 0 Å². The minimum atomic E-state index is 0.777. The number of quaternary nitrogens is 1. The van der Waals surface area contributed by atoms with Crippen molar-refractivity contribution in [3.63, 3.8) is 0 Å². The first-order valence-corrected chi connectivity index (χ1v) is 5.47. The average Bonchev–Trinajstić information content (AvgIpc) is 1.96. The molecule has 1 N–H and O–H groups in total. The van der Waals surface area contributed by atoms with Crippen LogP contribution in [0.1, 0.15) is 27.2 Å². The third-order valence-electron chi connectivity index (χ3n) is 3.24. The van der Waals surface area contributed by atoms with Crippen LogP contribution in [0.5, 0.6) is 0 Å². The van der Waals surface area contributed by atoms with Gasteiger partial charge in [0.1, 0.15) is 0 Å². The van der Waals surface area contributed by atoms with Crippen molar-refractivity contribution in [2.75, 3.05) is 20.6 Å². The zero-order valence-electron chi connectivity index (χ0n) is 9.72. The predicted octanol–water partition coefficient (Wildman–Crippen LogP) is 1.37. The van der Waals surface area contributed by atoms with Crippen molar-refractivity contribution < 1.29 is 4.90 Å². The van der Waals surface area contributed by atoms with E-state index < -0.39 is 0 Å². The molecule has 0 unspecified atom stereocenters. The van der Waals surface area contributed by atoms with Gasteiger partial charge in [0.05, 0.1) is 20.6 Å². The smallest absolute Gasteiger partial charge is 0.0803 e. The van der Waals surface area contributed by atoms with Gasteiger partial charge in [-0.1, -0.05) is 25.5 Å². The molecule has 76 valence electrons. The van der Waals surface area contributed by atoms with Crippen molar-refractivity contribution in [2.24, 2.45) is 17.8 Å². The maximum absolute atomic E-state index is 2.47. The second-order valence-corrected chi connectivity index (χ2v) is 5.13. The Hall–Kier alpha value is -0.300. The van der Waals surface area contributed by atoms with Gasteiger partial charge >= 0.3 is 0 Å². The van der Waals surface area contributed by atoms with Crippen LogP contribution in [0.15, 0.2) is 11.6 Å². The van der Waals surface area contributed by atoms with Crippen molar-refractivity contribution in [1.82, 2.24) is 0 Å². The topological polar surface area (TPSA) is 4.44 Å². The number of nitrogens with one attached hydrogen (secondary N) is 1. The van der Waals surface area contributed by atoms with E-state index in [4.69, 9.17) is 0 Å². The molecule has 0 bridgehead atoms. The molecule has 1 nitrogen and oxygen atoms in total. The Kier molecular flexibility index (Phi) is 3.55. The summed E-state index contributed by atoms with van der Waals surface area (Å²) < 4.78 is 0. The second-order valence-electron chi connectivity index (χ2n) is 5.13. The van der Waals surface area contributed by atoms with Crippen LogP contribution in [0.4, 0.5) is 0 Å². The van der Waals surface area contributed by atoms with Crippen molar-refractivity contribution in [2.45, 2.75) is 27.2 Å². The molecule has 0 amide bonds. The lowest BCUT2D eigenvalue weighted by atomic mass is 9.75. The van der Waals surface area contributed by atoms with Crippen LogP contribution in [0.25, 0.3) is 0 Å². The molecule has 1 aliphatic rings. The average molecular weight is 182 g/mol. The van der Waals surface area contributed by atoms with Crippen LogP contribution in [-0.2, 0) is 0 Å². The van der Waals surface area contributed by atoms with Crippen LogP contribution in [-0.4, -0.2) is 20.6 Å². The summed E-state index contributed by atoms with van der Waals surface area (Å²) in [5.74, 6) is 2.53. The molecule has 0 heterocycles. The molecule has 0 aromatic heterocycles. The highest BCUT2D eigenvalue weighted by Crippen LogP contribution is 2.32. The van der Waals surface area contributed by atoms with E-state index in [2.05, 4.69) is 40.9 Å². The van der Waals surface area contributed by atoms with E-state index in [1.54, 1.807) is 10.5 Å². The Morgan fingerprint density at radius 3 is 2.46 bits per heavy atom. The van der Waals surface area contributed by atoms with Gasteiger partial charge < -0.3 is 4.90 Å². The fourth-order valence-corrected chi connectivity index (χ4v) is 2.68. The van der Waals surface area contributed by atoms with E-state index in [0.29, 0.717) is 0 Å². The maximum atomic E-state index is 2.47. The molecule has 0 saturated heterocycles. The number of hydrogen-bond donors (Lipinski definition) is 1. The third-order valence-corrected chi connectivity index (χ3v) is 3.24. The fraction of sp³-hybridized carbons (Fsp3) is 0.833. The monoisotopic (exact) mass is 182 g/mol. The summed E-state index contributed by atoms with van der Waals surface area (Å²) in [5, 5.41) is 0. The van der Waals surface area contributed by atoms with Crippen LogP contribution < -0.4 is 4.90 Å². The summed E-state index contributed by atoms with van der Waals surface area (Å²) in [4.78, 5) is 1.58. The molecule has 0 saturated carbocycles. The minimum absolute atomic E-state index is 0.777. The molecular formula is C12H24N+. The molecule has 1 aliphatic carbocycles. The summed E-state index contributed by atoms with van der Waals surface area (Å²) in [6, 6.07) is 0. The molecule has 0 fully saturated rings. The van der Waals surface area contributed by atoms with Crippen molar-refractivity contribution in [3.8, 4) is 0 Å². The van der Waals surface area contributed by atoms with E-state index >= 15 is 0 Å². The van der Waals surface area contributed by atoms with Gasteiger partial charge in [-0.05, 0) is 25.2 Å². The molecular weight excluding hydrogens is 158 g/mol. The first-order chi connectivity index (χ1) is 6.00. The van der Waals surface area contributed by atoms with Gasteiger partial charge in [-0.2, -0.15) is 0 Å². The van der Waals surface area contributed by atoms with E-state index in [9.17, 15) is 0 Å². The summed E-state index contributed by atoms with van der Waals surface area (Å²) >= 11 is 0. The normalized spacial score (nSPS) is 34.9. The van der Waals surface area contributed by atoms with Crippen molar-refractivity contribution >= 4 is 0 Å². The number of rotatable bonds is 2. The van der Waals surface area contributed by atoms with Gasteiger partial charge in [0.2, 0.25) is 0 Å². The highest BCUT2D eigenvalue weighted by molar-refractivity contribution is 5.07. The molecule has 0 aromatic carbocycles. The quantitative estimate of drug-likeness (QED) is 0.615. The van der Waals surface area contributed by atoms with E-state index in [-0.39, 0.29) is 0 Å². The molecule has 1 rings (SSSR count). The van der Waals surface area contributed by atoms with Gasteiger partial charge in [-0.25, -0.2) is 0 Å². The largest absolute Gasteiger partial charge is 0.340 e. The Morgan fingerprint density at radius 1 is 1.38 bits per heavy atom. The van der Waals surface area contributed by atoms with Gasteiger partial charge in [-0.3, -0.25) is 0 Å². The zero-order valence-corrected chi connectivity index (χ0v) is 9.72. The zero-order chi connectivity index (χ0) is 10.0. The van der Waals surface area contributed by atoms with Crippen LogP contribution in [0.2, 0.25) is 0 Å². The third kappa shape index (κ3) is 2.84. The summed E-state index contributed by atoms with van der Waals surface area (Å²) in [6.07, 6.45) is 3.77. The lowest BCUT2D eigenvalue weighted by molar-refractivity contribution is -0.863. The van der Waals surface area contributed by atoms with Gasteiger partial charge in [0.25, 0.3) is 0 Å². The highest BCUT2D eigenvalue weighted by atomic mass is 15.1. The first kappa shape index (κ1) is 10.8. The van der Waals surface area contributed by atoms with Crippen molar-refractivity contribution in [3.05, 3.63) is 11.6 Å². The van der Waals surface area contributed by atoms with E-state index in [1.165, 1.54) is 13.0 Å². The Bertz CT molecular complexity index is 193.